The van der Waals surface area contributed by atoms with Crippen molar-refractivity contribution in [3.05, 3.63) is 35.4 Å². The van der Waals surface area contributed by atoms with Crippen LogP contribution in [0.4, 0.5) is 0 Å². The van der Waals surface area contributed by atoms with Crippen LogP contribution in [0, 0.1) is 11.3 Å². The van der Waals surface area contributed by atoms with Crippen LogP contribution in [0.1, 0.15) is 72.6 Å². The summed E-state index contributed by atoms with van der Waals surface area (Å²) in [6, 6.07) is 6.78. The van der Waals surface area contributed by atoms with E-state index in [1.807, 2.05) is 11.8 Å². The quantitative estimate of drug-likeness (QED) is 0.803. The van der Waals surface area contributed by atoms with E-state index in [1.165, 1.54) is 32.1 Å². The summed E-state index contributed by atoms with van der Waals surface area (Å²) >= 11 is 0. The summed E-state index contributed by atoms with van der Waals surface area (Å²) in [5.41, 5.74) is 0.207. The lowest BCUT2D eigenvalue weighted by atomic mass is 9.78. The van der Waals surface area contributed by atoms with Crippen LogP contribution < -0.4 is 0 Å². The van der Waals surface area contributed by atoms with Crippen LogP contribution in [-0.2, 0) is 4.79 Å². The molecule has 0 radical (unpaired) electrons. The molecule has 0 unspecified atom stereocenters. The van der Waals surface area contributed by atoms with Crippen LogP contribution in [0.5, 0.6) is 0 Å². The molecule has 1 aliphatic carbocycles. The minimum absolute atomic E-state index is 0.0200. The molecule has 150 valence electrons. The first kappa shape index (κ1) is 19.2. The first-order valence-electron chi connectivity index (χ1n) is 10.6. The molecule has 1 aromatic rings. The monoisotopic (exact) mass is 382 g/mol. The lowest BCUT2D eigenvalue weighted by Gasteiger charge is -2.32. The molecule has 3 aliphatic rings. The van der Waals surface area contributed by atoms with Crippen LogP contribution in [0.15, 0.2) is 24.3 Å². The molecule has 1 aromatic carbocycles. The third-order valence-corrected chi connectivity index (χ3v) is 7.20. The molecule has 4 rings (SSSR count). The fourth-order valence-electron chi connectivity index (χ4n) is 5.41. The smallest absolute Gasteiger partial charge is 0.254 e. The minimum atomic E-state index is -0.752. The number of likely N-dealkylation sites (tertiary alicyclic amines) is 1. The number of ketones is 1. The molecule has 2 aliphatic heterocycles. The molecular weight excluding hydrogens is 352 g/mol. The summed E-state index contributed by atoms with van der Waals surface area (Å²) in [4.78, 5) is 42.7. The number of fused-ring (bicyclic) bond motifs is 2. The van der Waals surface area contributed by atoms with Gasteiger partial charge in [0.05, 0.1) is 17.0 Å². The Morgan fingerprint density at radius 3 is 2.50 bits per heavy atom. The molecular formula is C23H30N2O3. The Bertz CT molecular complexity index is 799. The second-order valence-electron chi connectivity index (χ2n) is 9.04. The number of benzene rings is 1. The van der Waals surface area contributed by atoms with Crippen molar-refractivity contribution in [1.82, 2.24) is 9.80 Å². The first-order valence-corrected chi connectivity index (χ1v) is 10.6. The standard InChI is InChI=1S/C23H30N2O3/c1-23-15-25(20(26)13-12-16-8-4-3-5-9-16)14-19(23)24(2)22(28)18-11-7-6-10-17(18)21(23)27/h6-7,10-11,16,19H,3-5,8-9,12-15H2,1-2H3/t19-,23+/m1/s1. The Hall–Kier alpha value is -2.17. The summed E-state index contributed by atoms with van der Waals surface area (Å²) in [5.74, 6) is 0.642. The van der Waals surface area contributed by atoms with Crippen molar-refractivity contribution in [2.24, 2.45) is 11.3 Å². The van der Waals surface area contributed by atoms with E-state index in [0.29, 0.717) is 36.6 Å². The number of carbonyl (C=O) groups is 3. The van der Waals surface area contributed by atoms with Gasteiger partial charge in [0.25, 0.3) is 5.91 Å². The zero-order chi connectivity index (χ0) is 19.9. The fourth-order valence-corrected chi connectivity index (χ4v) is 5.41. The minimum Gasteiger partial charge on any atom is -0.340 e. The number of rotatable bonds is 3. The van der Waals surface area contributed by atoms with Crippen molar-refractivity contribution in [2.45, 2.75) is 57.9 Å². The zero-order valence-electron chi connectivity index (χ0n) is 16.9. The zero-order valence-corrected chi connectivity index (χ0v) is 16.9. The molecule has 2 fully saturated rings. The summed E-state index contributed by atoms with van der Waals surface area (Å²) in [7, 11) is 1.76. The summed E-state index contributed by atoms with van der Waals surface area (Å²) in [5, 5.41) is 0. The summed E-state index contributed by atoms with van der Waals surface area (Å²) < 4.78 is 0. The number of nitrogens with zero attached hydrogens (tertiary/aromatic N) is 2. The normalized spacial score (nSPS) is 28.1. The third-order valence-electron chi connectivity index (χ3n) is 7.20. The maximum absolute atomic E-state index is 13.4. The highest BCUT2D eigenvalue weighted by molar-refractivity contribution is 6.12. The van der Waals surface area contributed by atoms with Crippen molar-refractivity contribution < 1.29 is 14.4 Å². The maximum atomic E-state index is 13.4. The lowest BCUT2D eigenvalue weighted by Crippen LogP contribution is -2.48. The third kappa shape index (κ3) is 3.15. The second kappa shape index (κ2) is 7.34. The van der Waals surface area contributed by atoms with Gasteiger partial charge in [0.15, 0.2) is 5.78 Å². The van der Waals surface area contributed by atoms with Gasteiger partial charge in [0.2, 0.25) is 5.91 Å². The first-order chi connectivity index (χ1) is 13.4. The highest BCUT2D eigenvalue weighted by Gasteiger charge is 2.54. The topological polar surface area (TPSA) is 57.7 Å². The van der Waals surface area contributed by atoms with Gasteiger partial charge >= 0.3 is 0 Å². The maximum Gasteiger partial charge on any atom is 0.254 e. The van der Waals surface area contributed by atoms with Crippen molar-refractivity contribution >= 4 is 17.6 Å². The van der Waals surface area contributed by atoms with Gasteiger partial charge < -0.3 is 9.80 Å². The molecule has 1 saturated heterocycles. The van der Waals surface area contributed by atoms with Crippen LogP contribution in [-0.4, -0.2) is 53.6 Å². The molecule has 0 bridgehead atoms. The van der Waals surface area contributed by atoms with Crippen LogP contribution in [0.2, 0.25) is 0 Å². The van der Waals surface area contributed by atoms with Crippen molar-refractivity contribution in [1.29, 1.82) is 0 Å². The van der Waals surface area contributed by atoms with E-state index in [9.17, 15) is 14.4 Å². The Balaban J connectivity index is 1.52. The van der Waals surface area contributed by atoms with Gasteiger partial charge in [-0.15, -0.1) is 0 Å². The number of amides is 2. The molecule has 28 heavy (non-hydrogen) atoms. The highest BCUT2D eigenvalue weighted by Crippen LogP contribution is 2.41. The van der Waals surface area contributed by atoms with Gasteiger partial charge in [0, 0.05) is 32.1 Å². The average molecular weight is 383 g/mol. The average Bonchev–Trinajstić information content (AvgIpc) is 3.07. The summed E-state index contributed by atoms with van der Waals surface area (Å²) in [6.07, 6.45) is 7.85. The highest BCUT2D eigenvalue weighted by atomic mass is 16.2. The molecule has 2 amide bonds. The van der Waals surface area contributed by atoms with Gasteiger partial charge in [-0.25, -0.2) is 0 Å². The lowest BCUT2D eigenvalue weighted by molar-refractivity contribution is -0.130. The van der Waals surface area contributed by atoms with Crippen molar-refractivity contribution in [2.75, 3.05) is 20.1 Å². The van der Waals surface area contributed by atoms with Gasteiger partial charge in [-0.2, -0.15) is 0 Å². The molecule has 2 heterocycles. The van der Waals surface area contributed by atoms with E-state index < -0.39 is 5.41 Å². The molecule has 5 heteroatoms. The number of likely N-dealkylation sites (N-methyl/N-ethyl adjacent to an activating group) is 1. The Morgan fingerprint density at radius 1 is 1.11 bits per heavy atom. The van der Waals surface area contributed by atoms with Crippen molar-refractivity contribution in [3.63, 3.8) is 0 Å². The SMILES string of the molecule is CN1C(=O)c2ccccc2C(=O)[C@@]2(C)CN(C(=O)CCC3CCCCC3)C[C@@H]12. The number of hydrogen-bond donors (Lipinski definition) is 0. The second-order valence-corrected chi connectivity index (χ2v) is 9.04. The van der Waals surface area contributed by atoms with Gasteiger partial charge in [-0.3, -0.25) is 14.4 Å². The van der Waals surface area contributed by atoms with E-state index in [4.69, 9.17) is 0 Å². The molecule has 5 nitrogen and oxygen atoms in total. The molecule has 2 atom stereocenters. The Kier molecular flexibility index (Phi) is 5.02. The molecule has 0 aromatic heterocycles. The van der Waals surface area contributed by atoms with E-state index in [2.05, 4.69) is 0 Å². The number of carbonyl (C=O) groups excluding carboxylic acids is 3. The van der Waals surface area contributed by atoms with Gasteiger partial charge in [-0.05, 0) is 25.3 Å². The van der Waals surface area contributed by atoms with Gasteiger partial charge in [0.1, 0.15) is 0 Å². The molecule has 0 spiro atoms. The predicted octanol–water partition coefficient (Wildman–Crippen LogP) is 3.53. The van der Waals surface area contributed by atoms with E-state index in [0.717, 1.165) is 6.42 Å². The van der Waals surface area contributed by atoms with Crippen molar-refractivity contribution in [3.8, 4) is 0 Å². The van der Waals surface area contributed by atoms with Crippen LogP contribution >= 0.6 is 0 Å². The Morgan fingerprint density at radius 2 is 1.79 bits per heavy atom. The van der Waals surface area contributed by atoms with E-state index >= 15 is 0 Å². The number of Topliss-reactive ketones (excluding diaryl/α,β-unsaturated/α-hetero) is 1. The van der Waals surface area contributed by atoms with E-state index in [1.54, 1.807) is 36.2 Å². The molecule has 1 saturated carbocycles. The van der Waals surface area contributed by atoms with Crippen LogP contribution in [0.25, 0.3) is 0 Å². The Labute approximate surface area is 167 Å². The predicted molar refractivity (Wildman–Crippen MR) is 107 cm³/mol. The number of hydrogen-bond acceptors (Lipinski definition) is 3. The van der Waals surface area contributed by atoms with E-state index in [-0.39, 0.29) is 23.6 Å². The summed E-state index contributed by atoms with van der Waals surface area (Å²) in [6.45, 7) is 2.76. The van der Waals surface area contributed by atoms with Crippen LogP contribution in [0.3, 0.4) is 0 Å². The molecule has 0 N–H and O–H groups in total. The largest absolute Gasteiger partial charge is 0.340 e. The van der Waals surface area contributed by atoms with Gasteiger partial charge in [-0.1, -0.05) is 50.3 Å². The fraction of sp³-hybridized carbons (Fsp3) is 0.609.